The van der Waals surface area contributed by atoms with E-state index < -0.39 is 4.92 Å². The molecule has 0 unspecified atom stereocenters. The molecule has 3 rings (SSSR count). The molecule has 19 heavy (non-hydrogen) atoms. The van der Waals surface area contributed by atoms with Crippen LogP contribution in [0.1, 0.15) is 0 Å². The Morgan fingerprint density at radius 3 is 2.95 bits per heavy atom. The molecule has 2 heterocycles. The molecule has 0 radical (unpaired) electrons. The Morgan fingerprint density at radius 1 is 1.32 bits per heavy atom. The Bertz CT molecular complexity index is 702. The van der Waals surface area contributed by atoms with Crippen LogP contribution in [0.5, 0.6) is 0 Å². The van der Waals surface area contributed by atoms with E-state index in [-0.39, 0.29) is 5.69 Å². The van der Waals surface area contributed by atoms with Crippen LogP contribution >= 0.6 is 0 Å². The third kappa shape index (κ3) is 2.08. The molecule has 7 nitrogen and oxygen atoms in total. The van der Waals surface area contributed by atoms with Crippen LogP contribution in [0.3, 0.4) is 0 Å². The molecule has 0 atom stereocenters. The lowest BCUT2D eigenvalue weighted by Crippen LogP contribution is -2.00. The van der Waals surface area contributed by atoms with E-state index in [1.807, 2.05) is 24.3 Å². The van der Waals surface area contributed by atoms with Crippen molar-refractivity contribution in [2.45, 2.75) is 0 Å². The number of nitrogens with one attached hydrogen (secondary N) is 1. The standard InChI is InChI=1S/C12H9N5O2/c18-17(19)10-7-15-16(8-10)9-5-13-11-3-1-2-4-12(11)14-6-9/h1-8,13H. The number of allylic oxidation sites excluding steroid dienone is 1. The molecule has 2 aromatic rings. The van der Waals surface area contributed by atoms with E-state index in [0.717, 1.165) is 11.4 Å². The molecule has 0 bridgehead atoms. The zero-order chi connectivity index (χ0) is 13.2. The number of benzene rings is 1. The highest BCUT2D eigenvalue weighted by atomic mass is 16.6. The molecule has 0 aliphatic carbocycles. The average Bonchev–Trinajstić information content (AvgIpc) is 2.80. The van der Waals surface area contributed by atoms with Gasteiger partial charge in [-0.15, -0.1) is 0 Å². The van der Waals surface area contributed by atoms with E-state index in [1.165, 1.54) is 17.1 Å². The first-order chi connectivity index (χ1) is 9.24. The molecule has 94 valence electrons. The summed E-state index contributed by atoms with van der Waals surface area (Å²) >= 11 is 0. The van der Waals surface area contributed by atoms with Crippen LogP contribution in [0.4, 0.5) is 17.1 Å². The number of nitrogens with zero attached hydrogens (tertiary/aromatic N) is 4. The summed E-state index contributed by atoms with van der Waals surface area (Å²) in [7, 11) is 0. The molecular weight excluding hydrogens is 246 g/mol. The van der Waals surface area contributed by atoms with Crippen molar-refractivity contribution in [2.24, 2.45) is 4.99 Å². The summed E-state index contributed by atoms with van der Waals surface area (Å²) in [5, 5.41) is 17.7. The van der Waals surface area contributed by atoms with E-state index in [2.05, 4.69) is 15.4 Å². The smallest absolute Gasteiger partial charge is 0.307 e. The number of aliphatic imine (C=N–C) groups is 1. The average molecular weight is 255 g/mol. The minimum atomic E-state index is -0.486. The first-order valence-electron chi connectivity index (χ1n) is 5.53. The Balaban J connectivity index is 1.95. The molecule has 1 aromatic heterocycles. The van der Waals surface area contributed by atoms with Crippen molar-refractivity contribution in [3.8, 4) is 0 Å². The van der Waals surface area contributed by atoms with Crippen LogP contribution in [0, 0.1) is 10.1 Å². The molecule has 1 aliphatic rings. The van der Waals surface area contributed by atoms with Gasteiger partial charge in [-0.1, -0.05) is 12.1 Å². The van der Waals surface area contributed by atoms with Crippen molar-refractivity contribution in [2.75, 3.05) is 5.32 Å². The van der Waals surface area contributed by atoms with Crippen molar-refractivity contribution in [1.82, 2.24) is 9.78 Å². The van der Waals surface area contributed by atoms with E-state index in [0.29, 0.717) is 5.70 Å². The van der Waals surface area contributed by atoms with E-state index in [9.17, 15) is 10.1 Å². The minimum Gasteiger partial charge on any atom is -0.358 e. The Kier molecular flexibility index (Phi) is 2.57. The molecular formula is C12H9N5O2. The number of aromatic nitrogens is 2. The van der Waals surface area contributed by atoms with Gasteiger partial charge < -0.3 is 5.32 Å². The molecule has 0 amide bonds. The Morgan fingerprint density at radius 2 is 2.16 bits per heavy atom. The molecule has 0 fully saturated rings. The largest absolute Gasteiger partial charge is 0.358 e. The fraction of sp³-hybridized carbons (Fsp3) is 0. The van der Waals surface area contributed by atoms with Crippen molar-refractivity contribution >= 4 is 29.0 Å². The van der Waals surface area contributed by atoms with Crippen LogP contribution in [-0.2, 0) is 0 Å². The summed E-state index contributed by atoms with van der Waals surface area (Å²) in [6, 6.07) is 7.57. The van der Waals surface area contributed by atoms with E-state index in [4.69, 9.17) is 0 Å². The van der Waals surface area contributed by atoms with Crippen LogP contribution in [0.2, 0.25) is 0 Å². The van der Waals surface area contributed by atoms with Crippen LogP contribution in [-0.4, -0.2) is 20.9 Å². The van der Waals surface area contributed by atoms with Gasteiger partial charge in [0.05, 0.1) is 28.2 Å². The second-order valence-electron chi connectivity index (χ2n) is 3.89. The third-order valence-electron chi connectivity index (χ3n) is 2.66. The Hall–Kier alpha value is -2.96. The lowest BCUT2D eigenvalue weighted by atomic mass is 10.3. The van der Waals surface area contributed by atoms with Crippen LogP contribution in [0.15, 0.2) is 47.9 Å². The highest BCUT2D eigenvalue weighted by molar-refractivity contribution is 6.05. The van der Waals surface area contributed by atoms with Gasteiger partial charge >= 0.3 is 5.69 Å². The van der Waals surface area contributed by atoms with Gasteiger partial charge in [-0.3, -0.25) is 15.1 Å². The second-order valence-corrected chi connectivity index (χ2v) is 3.89. The number of para-hydroxylation sites is 2. The molecule has 0 saturated heterocycles. The van der Waals surface area contributed by atoms with Gasteiger partial charge in [-0.2, -0.15) is 5.10 Å². The summed E-state index contributed by atoms with van der Waals surface area (Å²) in [5.74, 6) is 0. The third-order valence-corrected chi connectivity index (χ3v) is 2.66. The van der Waals surface area contributed by atoms with E-state index in [1.54, 1.807) is 12.4 Å². The first kappa shape index (κ1) is 11.1. The van der Waals surface area contributed by atoms with Gasteiger partial charge in [-0.05, 0) is 12.1 Å². The molecule has 7 heteroatoms. The fourth-order valence-corrected chi connectivity index (χ4v) is 1.71. The van der Waals surface area contributed by atoms with Gasteiger partial charge in [0, 0.05) is 6.20 Å². The highest BCUT2D eigenvalue weighted by Gasteiger charge is 2.12. The number of anilines is 1. The summed E-state index contributed by atoms with van der Waals surface area (Å²) < 4.78 is 1.40. The summed E-state index contributed by atoms with van der Waals surface area (Å²) in [6.07, 6.45) is 5.85. The number of nitro groups is 1. The highest BCUT2D eigenvalue weighted by Crippen LogP contribution is 2.26. The molecule has 1 N–H and O–H groups in total. The Labute approximate surface area is 108 Å². The number of rotatable bonds is 2. The number of hydrogen-bond acceptors (Lipinski definition) is 5. The van der Waals surface area contributed by atoms with Gasteiger partial charge in [0.1, 0.15) is 12.4 Å². The van der Waals surface area contributed by atoms with Crippen molar-refractivity contribution in [1.29, 1.82) is 0 Å². The van der Waals surface area contributed by atoms with Crippen molar-refractivity contribution in [3.05, 3.63) is 53.0 Å². The predicted octanol–water partition coefficient (Wildman–Crippen LogP) is 2.42. The molecule has 0 saturated carbocycles. The quantitative estimate of drug-likeness (QED) is 0.659. The van der Waals surface area contributed by atoms with Crippen LogP contribution < -0.4 is 5.32 Å². The molecule has 1 aliphatic heterocycles. The van der Waals surface area contributed by atoms with Crippen molar-refractivity contribution < 1.29 is 4.92 Å². The zero-order valence-electron chi connectivity index (χ0n) is 9.72. The van der Waals surface area contributed by atoms with E-state index >= 15 is 0 Å². The normalized spacial score (nSPS) is 13.2. The molecule has 1 aromatic carbocycles. The van der Waals surface area contributed by atoms with Gasteiger partial charge in [0.25, 0.3) is 0 Å². The maximum atomic E-state index is 10.6. The lowest BCUT2D eigenvalue weighted by Gasteiger charge is -2.02. The minimum absolute atomic E-state index is 0.0592. The summed E-state index contributed by atoms with van der Waals surface area (Å²) in [4.78, 5) is 14.5. The monoisotopic (exact) mass is 255 g/mol. The molecule has 0 spiro atoms. The lowest BCUT2D eigenvalue weighted by molar-refractivity contribution is -0.384. The van der Waals surface area contributed by atoms with Gasteiger partial charge in [-0.25, -0.2) is 4.68 Å². The second kappa shape index (κ2) is 4.37. The van der Waals surface area contributed by atoms with Crippen LogP contribution in [0.25, 0.3) is 5.70 Å². The summed E-state index contributed by atoms with van der Waals surface area (Å²) in [6.45, 7) is 0. The topological polar surface area (TPSA) is 85.3 Å². The number of fused-ring (bicyclic) bond motifs is 1. The SMILES string of the molecule is O=[N+]([O-])c1cnn(C2=CNc3ccccc3N=C2)c1. The first-order valence-corrected chi connectivity index (χ1v) is 5.53. The van der Waals surface area contributed by atoms with Gasteiger partial charge in [0.15, 0.2) is 0 Å². The fourth-order valence-electron chi connectivity index (χ4n) is 1.71. The van der Waals surface area contributed by atoms with Gasteiger partial charge in [0.2, 0.25) is 0 Å². The summed E-state index contributed by atoms with van der Waals surface area (Å²) in [5.41, 5.74) is 2.23. The maximum Gasteiger partial charge on any atom is 0.307 e. The van der Waals surface area contributed by atoms with Crippen molar-refractivity contribution in [3.63, 3.8) is 0 Å². The predicted molar refractivity (Wildman–Crippen MR) is 71.4 cm³/mol. The maximum absolute atomic E-state index is 10.6. The zero-order valence-corrected chi connectivity index (χ0v) is 9.72. The number of hydrogen-bond donors (Lipinski definition) is 1.